The lowest BCUT2D eigenvalue weighted by molar-refractivity contribution is 0.102. The predicted octanol–water partition coefficient (Wildman–Crippen LogP) is 3.52. The molecule has 9 heteroatoms. The lowest BCUT2D eigenvalue weighted by atomic mass is 10.1. The van der Waals surface area contributed by atoms with Gasteiger partial charge in [-0.3, -0.25) is 10.1 Å². The number of pyridine rings is 1. The summed E-state index contributed by atoms with van der Waals surface area (Å²) in [6, 6.07) is 5.84. The average molecular weight is 384 g/mol. The summed E-state index contributed by atoms with van der Waals surface area (Å²) < 4.78 is 1.82. The van der Waals surface area contributed by atoms with Crippen LogP contribution in [0.15, 0.2) is 29.8 Å². The van der Waals surface area contributed by atoms with Gasteiger partial charge in [0.25, 0.3) is 5.91 Å². The molecule has 0 saturated heterocycles. The van der Waals surface area contributed by atoms with E-state index >= 15 is 0 Å². The van der Waals surface area contributed by atoms with Gasteiger partial charge in [-0.2, -0.15) is 5.10 Å². The van der Waals surface area contributed by atoms with Gasteiger partial charge in [0.15, 0.2) is 5.65 Å². The van der Waals surface area contributed by atoms with E-state index in [9.17, 15) is 4.79 Å². The first-order valence-electron chi connectivity index (χ1n) is 8.13. The molecule has 26 heavy (non-hydrogen) atoms. The van der Waals surface area contributed by atoms with E-state index in [2.05, 4.69) is 31.7 Å². The van der Waals surface area contributed by atoms with Crippen molar-refractivity contribution in [2.75, 3.05) is 5.32 Å². The van der Waals surface area contributed by atoms with E-state index in [-0.39, 0.29) is 5.91 Å². The quantitative estimate of drug-likeness (QED) is 0.569. The molecule has 4 rings (SSSR count). The van der Waals surface area contributed by atoms with Crippen LogP contribution in [0, 0.1) is 6.92 Å². The average Bonchev–Trinajstić information content (AvgIpc) is 3.36. The first kappa shape index (κ1) is 16.8. The summed E-state index contributed by atoms with van der Waals surface area (Å²) in [4.78, 5) is 18.5. The van der Waals surface area contributed by atoms with Crippen LogP contribution in [0.4, 0.5) is 5.13 Å². The zero-order valence-electron chi connectivity index (χ0n) is 14.3. The van der Waals surface area contributed by atoms with Crippen LogP contribution in [0.1, 0.15) is 32.9 Å². The topological polar surface area (TPSA) is 85.6 Å². The molecule has 4 aromatic heterocycles. The van der Waals surface area contributed by atoms with Gasteiger partial charge in [-0.1, -0.05) is 24.3 Å². The number of hydrogen-bond donors (Lipinski definition) is 1. The summed E-state index contributed by atoms with van der Waals surface area (Å²) in [5, 5.41) is 19.5. The Bertz CT molecular complexity index is 1070. The number of carbonyl (C=O) groups is 1. The molecule has 0 spiro atoms. The minimum atomic E-state index is -0.227. The fraction of sp³-hybridized carbons (Fsp3) is 0.235. The summed E-state index contributed by atoms with van der Waals surface area (Å²) in [6.45, 7) is 4.51. The Morgan fingerprint density at radius 3 is 2.96 bits per heavy atom. The molecule has 0 aromatic carbocycles. The van der Waals surface area contributed by atoms with Gasteiger partial charge in [0, 0.05) is 10.6 Å². The lowest BCUT2D eigenvalue weighted by Gasteiger charge is -2.06. The molecular formula is C17H16N6OS2. The number of aryl methyl sites for hydroxylation is 2. The zero-order chi connectivity index (χ0) is 18.1. The number of aromatic nitrogens is 5. The molecule has 4 aromatic rings. The first-order valence-corrected chi connectivity index (χ1v) is 9.83. The molecule has 0 unspecified atom stereocenters. The monoisotopic (exact) mass is 384 g/mol. The van der Waals surface area contributed by atoms with Crippen molar-refractivity contribution in [2.45, 2.75) is 26.8 Å². The van der Waals surface area contributed by atoms with Crippen molar-refractivity contribution in [1.82, 2.24) is 25.0 Å². The van der Waals surface area contributed by atoms with Gasteiger partial charge in [0.2, 0.25) is 5.13 Å². The van der Waals surface area contributed by atoms with Gasteiger partial charge in [-0.05, 0) is 30.9 Å². The van der Waals surface area contributed by atoms with E-state index in [1.165, 1.54) is 16.2 Å². The van der Waals surface area contributed by atoms with Crippen molar-refractivity contribution in [1.29, 1.82) is 0 Å². The zero-order valence-corrected chi connectivity index (χ0v) is 15.9. The van der Waals surface area contributed by atoms with Gasteiger partial charge in [-0.25, -0.2) is 9.67 Å². The molecule has 1 amide bonds. The molecule has 7 nitrogen and oxygen atoms in total. The second-order valence-corrected chi connectivity index (χ2v) is 7.83. The van der Waals surface area contributed by atoms with E-state index in [1.54, 1.807) is 23.6 Å². The predicted molar refractivity (Wildman–Crippen MR) is 103 cm³/mol. The van der Waals surface area contributed by atoms with Crippen LogP contribution in [-0.2, 0) is 13.0 Å². The number of rotatable bonds is 5. The Kier molecular flexibility index (Phi) is 4.48. The standard InChI is InChI=1S/C17H16N6OS2/c1-3-14-21-22-17(26-14)20-16(24)12-7-10(2)19-15-13(12)8-18-23(15)9-11-5-4-6-25-11/h4-8H,3,9H2,1-2H3,(H,20,22,24). The van der Waals surface area contributed by atoms with Crippen LogP contribution < -0.4 is 5.32 Å². The Balaban J connectivity index is 1.68. The molecule has 0 atom stereocenters. The number of fused-ring (bicyclic) bond motifs is 1. The number of thiophene rings is 1. The number of nitrogens with one attached hydrogen (secondary N) is 1. The van der Waals surface area contributed by atoms with E-state index in [4.69, 9.17) is 0 Å². The molecule has 4 heterocycles. The molecule has 0 fully saturated rings. The van der Waals surface area contributed by atoms with Crippen LogP contribution in [-0.4, -0.2) is 30.9 Å². The molecule has 0 aliphatic carbocycles. The largest absolute Gasteiger partial charge is 0.296 e. The number of nitrogens with zero attached hydrogens (tertiary/aromatic N) is 5. The Hall–Kier alpha value is -2.65. The highest BCUT2D eigenvalue weighted by atomic mass is 32.1. The fourth-order valence-electron chi connectivity index (χ4n) is 2.64. The van der Waals surface area contributed by atoms with Crippen LogP contribution >= 0.6 is 22.7 Å². The van der Waals surface area contributed by atoms with Crippen molar-refractivity contribution in [3.63, 3.8) is 0 Å². The Morgan fingerprint density at radius 2 is 2.23 bits per heavy atom. The third-order valence-corrected chi connectivity index (χ3v) is 5.70. The maximum Gasteiger partial charge on any atom is 0.258 e. The van der Waals surface area contributed by atoms with Gasteiger partial charge < -0.3 is 0 Å². The van der Waals surface area contributed by atoms with Gasteiger partial charge >= 0.3 is 0 Å². The Labute approximate surface area is 157 Å². The molecule has 1 N–H and O–H groups in total. The van der Waals surface area contributed by atoms with E-state index in [0.717, 1.165) is 22.5 Å². The van der Waals surface area contributed by atoms with Crippen molar-refractivity contribution < 1.29 is 4.79 Å². The van der Waals surface area contributed by atoms with Crippen LogP contribution in [0.2, 0.25) is 0 Å². The van der Waals surface area contributed by atoms with Crippen molar-refractivity contribution in [3.05, 3.63) is 50.9 Å². The fourth-order valence-corrected chi connectivity index (χ4v) is 4.00. The normalized spacial score (nSPS) is 11.2. The minimum Gasteiger partial charge on any atom is -0.296 e. The molecule has 0 radical (unpaired) electrons. The van der Waals surface area contributed by atoms with E-state index in [0.29, 0.717) is 22.9 Å². The third-order valence-electron chi connectivity index (χ3n) is 3.86. The SMILES string of the molecule is CCc1nnc(NC(=O)c2cc(C)nc3c2cnn3Cc2cccs2)s1. The minimum absolute atomic E-state index is 0.227. The van der Waals surface area contributed by atoms with Gasteiger partial charge in [0.05, 0.1) is 23.7 Å². The van der Waals surface area contributed by atoms with E-state index in [1.807, 2.05) is 30.0 Å². The highest BCUT2D eigenvalue weighted by Gasteiger charge is 2.17. The highest BCUT2D eigenvalue weighted by molar-refractivity contribution is 7.15. The van der Waals surface area contributed by atoms with Crippen molar-refractivity contribution in [2.24, 2.45) is 0 Å². The summed E-state index contributed by atoms with van der Waals surface area (Å²) in [7, 11) is 0. The third kappa shape index (κ3) is 3.23. The molecule has 132 valence electrons. The van der Waals surface area contributed by atoms with E-state index < -0.39 is 0 Å². The van der Waals surface area contributed by atoms with Crippen LogP contribution in [0.3, 0.4) is 0 Å². The Morgan fingerprint density at radius 1 is 1.35 bits per heavy atom. The highest BCUT2D eigenvalue weighted by Crippen LogP contribution is 2.22. The molecule has 0 saturated carbocycles. The van der Waals surface area contributed by atoms with Crippen LogP contribution in [0.25, 0.3) is 11.0 Å². The molecule has 0 aliphatic heterocycles. The first-order chi connectivity index (χ1) is 12.6. The van der Waals surface area contributed by atoms with Crippen molar-refractivity contribution >= 4 is 44.7 Å². The maximum absolute atomic E-state index is 12.8. The summed E-state index contributed by atoms with van der Waals surface area (Å²) in [5.41, 5.74) is 2.01. The smallest absolute Gasteiger partial charge is 0.258 e. The number of hydrogen-bond acceptors (Lipinski definition) is 7. The molecular weight excluding hydrogens is 368 g/mol. The van der Waals surface area contributed by atoms with Crippen LogP contribution in [0.5, 0.6) is 0 Å². The number of carbonyl (C=O) groups excluding carboxylic acids is 1. The molecule has 0 bridgehead atoms. The molecule has 0 aliphatic rings. The number of amides is 1. The second kappa shape index (κ2) is 6.93. The lowest BCUT2D eigenvalue weighted by Crippen LogP contribution is -2.13. The van der Waals surface area contributed by atoms with Gasteiger partial charge in [-0.15, -0.1) is 21.5 Å². The second-order valence-electron chi connectivity index (χ2n) is 5.74. The van der Waals surface area contributed by atoms with Crippen molar-refractivity contribution in [3.8, 4) is 0 Å². The van der Waals surface area contributed by atoms with Gasteiger partial charge in [0.1, 0.15) is 5.01 Å². The summed E-state index contributed by atoms with van der Waals surface area (Å²) in [6.07, 6.45) is 2.49. The summed E-state index contributed by atoms with van der Waals surface area (Å²) >= 11 is 3.05. The number of anilines is 1. The summed E-state index contributed by atoms with van der Waals surface area (Å²) in [5.74, 6) is -0.227. The maximum atomic E-state index is 12.8.